The van der Waals surface area contributed by atoms with E-state index in [9.17, 15) is 19.8 Å². The number of carbonyl (C=O) groups is 2. The number of likely N-dealkylation sites (N-methyl/N-ethyl adjacent to an activating group) is 1. The summed E-state index contributed by atoms with van der Waals surface area (Å²) in [5.41, 5.74) is 0.982. The molecule has 0 saturated heterocycles. The van der Waals surface area contributed by atoms with Gasteiger partial charge in [-0.15, -0.1) is 0 Å². The van der Waals surface area contributed by atoms with Gasteiger partial charge in [0.25, 0.3) is 0 Å². The number of hydrogen-bond donors (Lipinski definition) is 2. The first kappa shape index (κ1) is 17.1. The number of carboxylic acids is 1. The van der Waals surface area contributed by atoms with E-state index in [4.69, 9.17) is 4.74 Å². The second-order valence-corrected chi connectivity index (χ2v) is 6.07. The molecular formula is C15H17BrN2O5. The smallest absolute Gasteiger partial charge is 0.335 e. The molecule has 2 N–H and O–H groups in total. The highest BCUT2D eigenvalue weighted by molar-refractivity contribution is 9.10. The average molecular weight is 385 g/mol. The van der Waals surface area contributed by atoms with Crippen molar-refractivity contribution >= 4 is 27.9 Å². The van der Waals surface area contributed by atoms with Crippen molar-refractivity contribution in [2.45, 2.75) is 13.0 Å². The molecule has 7 nitrogen and oxygen atoms in total. The minimum atomic E-state index is -1.11. The Morgan fingerprint density at radius 2 is 1.96 bits per heavy atom. The van der Waals surface area contributed by atoms with Gasteiger partial charge in [-0.05, 0) is 40.5 Å². The Kier molecular flexibility index (Phi) is 4.56. The standard InChI is InChI=1S/C15H17BrN2O5/c1-7-11(14(20)21)12(18(3)15(22)17(7)2)8-5-9(16)13(19)10(6-8)23-4/h5-6,12,19H,1-4H3,(H,20,21). The molecule has 1 aliphatic heterocycles. The molecule has 23 heavy (non-hydrogen) atoms. The highest BCUT2D eigenvalue weighted by Gasteiger charge is 2.39. The molecule has 2 rings (SSSR count). The predicted molar refractivity (Wildman–Crippen MR) is 86.4 cm³/mol. The second kappa shape index (κ2) is 6.11. The van der Waals surface area contributed by atoms with Gasteiger partial charge in [-0.25, -0.2) is 9.59 Å². The summed E-state index contributed by atoms with van der Waals surface area (Å²) in [6.45, 7) is 1.59. The van der Waals surface area contributed by atoms with Crippen molar-refractivity contribution in [1.29, 1.82) is 0 Å². The maximum Gasteiger partial charge on any atom is 0.335 e. The summed E-state index contributed by atoms with van der Waals surface area (Å²) in [6, 6.07) is 1.99. The van der Waals surface area contributed by atoms with Crippen LogP contribution < -0.4 is 4.74 Å². The largest absolute Gasteiger partial charge is 0.503 e. The summed E-state index contributed by atoms with van der Waals surface area (Å²) in [4.78, 5) is 26.7. The number of urea groups is 1. The Labute approximate surface area is 141 Å². The zero-order chi connectivity index (χ0) is 17.5. The zero-order valence-electron chi connectivity index (χ0n) is 13.1. The van der Waals surface area contributed by atoms with Gasteiger partial charge in [-0.3, -0.25) is 0 Å². The number of rotatable bonds is 3. The fraction of sp³-hybridized carbons (Fsp3) is 0.333. The van der Waals surface area contributed by atoms with Crippen LogP contribution in [0.2, 0.25) is 0 Å². The second-order valence-electron chi connectivity index (χ2n) is 5.21. The van der Waals surface area contributed by atoms with Crippen LogP contribution in [0.1, 0.15) is 18.5 Å². The number of halogens is 1. The Bertz CT molecular complexity index is 716. The Hall–Kier alpha value is -2.22. The number of ether oxygens (including phenoxy) is 1. The summed E-state index contributed by atoms with van der Waals surface area (Å²) in [6.07, 6.45) is 0. The van der Waals surface area contributed by atoms with Crippen LogP contribution in [-0.4, -0.2) is 53.2 Å². The Morgan fingerprint density at radius 1 is 1.35 bits per heavy atom. The molecule has 1 heterocycles. The average Bonchev–Trinajstić information content (AvgIpc) is 2.50. The number of amides is 2. The zero-order valence-corrected chi connectivity index (χ0v) is 14.7. The number of carbonyl (C=O) groups excluding carboxylic acids is 1. The maximum atomic E-state index is 12.3. The van der Waals surface area contributed by atoms with Gasteiger partial charge in [0.15, 0.2) is 11.5 Å². The van der Waals surface area contributed by atoms with Crippen molar-refractivity contribution < 1.29 is 24.5 Å². The fourth-order valence-electron chi connectivity index (χ4n) is 2.63. The molecule has 0 aliphatic carbocycles. The lowest BCUT2D eigenvalue weighted by molar-refractivity contribution is -0.133. The first-order valence-corrected chi connectivity index (χ1v) is 7.51. The van der Waals surface area contributed by atoms with Gasteiger partial charge in [0.2, 0.25) is 0 Å². The molecule has 1 aromatic rings. The van der Waals surface area contributed by atoms with Crippen LogP contribution in [0.3, 0.4) is 0 Å². The van der Waals surface area contributed by atoms with Gasteiger partial charge < -0.3 is 24.7 Å². The van der Waals surface area contributed by atoms with Crippen molar-refractivity contribution in [2.24, 2.45) is 0 Å². The maximum absolute atomic E-state index is 12.3. The van der Waals surface area contributed by atoms with Crippen molar-refractivity contribution in [3.8, 4) is 11.5 Å². The molecule has 0 bridgehead atoms. The normalized spacial score (nSPS) is 18.5. The van der Waals surface area contributed by atoms with E-state index >= 15 is 0 Å². The monoisotopic (exact) mass is 384 g/mol. The molecule has 124 valence electrons. The quantitative estimate of drug-likeness (QED) is 0.835. The van der Waals surface area contributed by atoms with E-state index < -0.39 is 12.0 Å². The molecule has 0 radical (unpaired) electrons. The lowest BCUT2D eigenvalue weighted by atomic mass is 9.93. The van der Waals surface area contributed by atoms with Crippen LogP contribution in [0.25, 0.3) is 0 Å². The molecule has 0 spiro atoms. The molecule has 1 unspecified atom stereocenters. The van der Waals surface area contributed by atoms with Crippen molar-refractivity contribution in [3.05, 3.63) is 33.4 Å². The molecule has 2 amide bonds. The van der Waals surface area contributed by atoms with Crippen molar-refractivity contribution in [3.63, 3.8) is 0 Å². The fourth-order valence-corrected chi connectivity index (χ4v) is 3.09. The number of carboxylic acid groups (broad SMARTS) is 1. The van der Waals surface area contributed by atoms with Gasteiger partial charge in [0.1, 0.15) is 0 Å². The summed E-state index contributed by atoms with van der Waals surface area (Å²) in [5.74, 6) is -1.01. The van der Waals surface area contributed by atoms with Gasteiger partial charge in [0, 0.05) is 19.8 Å². The topological polar surface area (TPSA) is 90.3 Å². The molecule has 0 saturated carbocycles. The molecule has 1 aliphatic rings. The number of phenolic OH excluding ortho intramolecular Hbond substituents is 1. The lowest BCUT2D eigenvalue weighted by Gasteiger charge is -2.39. The van der Waals surface area contributed by atoms with Gasteiger partial charge >= 0.3 is 12.0 Å². The van der Waals surface area contributed by atoms with E-state index in [0.717, 1.165) is 0 Å². The number of aromatic hydroxyl groups is 1. The lowest BCUT2D eigenvalue weighted by Crippen LogP contribution is -2.47. The molecule has 0 aromatic heterocycles. The number of methoxy groups -OCH3 is 1. The van der Waals surface area contributed by atoms with Gasteiger partial charge in [-0.1, -0.05) is 0 Å². The van der Waals surface area contributed by atoms with Crippen LogP contribution in [0.5, 0.6) is 11.5 Å². The van der Waals surface area contributed by atoms with E-state index in [1.807, 2.05) is 0 Å². The SMILES string of the molecule is COc1cc(C2C(C(=O)O)=C(C)N(C)C(=O)N2C)cc(Br)c1O. The molecule has 0 fully saturated rings. The number of hydrogen-bond acceptors (Lipinski definition) is 4. The van der Waals surface area contributed by atoms with E-state index in [0.29, 0.717) is 15.7 Å². The number of aliphatic carboxylic acids is 1. The minimum Gasteiger partial charge on any atom is -0.503 e. The Balaban J connectivity index is 2.71. The van der Waals surface area contributed by atoms with Gasteiger partial charge in [-0.2, -0.15) is 0 Å². The van der Waals surface area contributed by atoms with Gasteiger partial charge in [0.05, 0.1) is 23.2 Å². The number of nitrogens with zero attached hydrogens (tertiary/aromatic N) is 2. The molecule has 1 aromatic carbocycles. The summed E-state index contributed by atoms with van der Waals surface area (Å²) in [5, 5.41) is 19.5. The third kappa shape index (κ3) is 2.74. The number of allylic oxidation sites excluding steroid dienone is 1. The molecule has 8 heteroatoms. The molecule has 1 atom stereocenters. The third-order valence-electron chi connectivity index (χ3n) is 3.96. The van der Waals surface area contributed by atoms with Crippen LogP contribution in [0.15, 0.2) is 27.9 Å². The first-order valence-electron chi connectivity index (χ1n) is 6.71. The highest BCUT2D eigenvalue weighted by Crippen LogP contribution is 2.42. The number of phenols is 1. The van der Waals surface area contributed by atoms with E-state index in [1.54, 1.807) is 13.0 Å². The molecular weight excluding hydrogens is 368 g/mol. The summed E-state index contributed by atoms with van der Waals surface area (Å²) in [7, 11) is 4.46. The van der Waals surface area contributed by atoms with E-state index in [-0.39, 0.29) is 23.1 Å². The van der Waals surface area contributed by atoms with E-state index in [1.165, 1.54) is 37.1 Å². The van der Waals surface area contributed by atoms with Crippen LogP contribution in [0, 0.1) is 0 Å². The highest BCUT2D eigenvalue weighted by atomic mass is 79.9. The van der Waals surface area contributed by atoms with E-state index in [2.05, 4.69) is 15.9 Å². The predicted octanol–water partition coefficient (Wildman–Crippen LogP) is 2.56. The first-order chi connectivity index (χ1) is 10.7. The summed E-state index contributed by atoms with van der Waals surface area (Å²) < 4.78 is 5.46. The third-order valence-corrected chi connectivity index (χ3v) is 4.56. The van der Waals surface area contributed by atoms with Crippen LogP contribution >= 0.6 is 15.9 Å². The van der Waals surface area contributed by atoms with Crippen LogP contribution in [0.4, 0.5) is 4.79 Å². The van der Waals surface area contributed by atoms with Crippen molar-refractivity contribution in [2.75, 3.05) is 21.2 Å². The van der Waals surface area contributed by atoms with Crippen LogP contribution in [-0.2, 0) is 4.79 Å². The Morgan fingerprint density at radius 3 is 2.48 bits per heavy atom. The van der Waals surface area contributed by atoms with Crippen molar-refractivity contribution in [1.82, 2.24) is 9.80 Å². The minimum absolute atomic E-state index is 0.0873. The number of benzene rings is 1. The summed E-state index contributed by atoms with van der Waals surface area (Å²) >= 11 is 3.22.